The van der Waals surface area contributed by atoms with Gasteiger partial charge in [0.15, 0.2) is 11.0 Å². The molecule has 0 fully saturated rings. The monoisotopic (exact) mass is 414 g/mol. The summed E-state index contributed by atoms with van der Waals surface area (Å²) >= 11 is 1.64. The van der Waals surface area contributed by atoms with E-state index in [1.807, 2.05) is 61.5 Å². The number of nitrogens with zero attached hydrogens (tertiary/aromatic N) is 4. The van der Waals surface area contributed by atoms with E-state index in [0.717, 1.165) is 33.7 Å². The zero-order valence-corrected chi connectivity index (χ0v) is 17.5. The third-order valence-electron chi connectivity index (χ3n) is 4.38. The van der Waals surface area contributed by atoms with Gasteiger partial charge in [-0.15, -0.1) is 10.2 Å². The lowest BCUT2D eigenvalue weighted by atomic mass is 10.2. The Bertz CT molecular complexity index is 1090. The Labute approximate surface area is 180 Å². The van der Waals surface area contributed by atoms with E-state index in [1.54, 1.807) is 24.2 Å². The molecule has 2 aromatic heterocycles. The van der Waals surface area contributed by atoms with E-state index in [9.17, 15) is 0 Å². The van der Waals surface area contributed by atoms with E-state index in [-0.39, 0.29) is 0 Å². The van der Waals surface area contributed by atoms with Crippen molar-refractivity contribution in [2.24, 2.45) is 0 Å². The lowest BCUT2D eigenvalue weighted by molar-refractivity contribution is 0.340. The zero-order valence-electron chi connectivity index (χ0n) is 16.7. The zero-order chi connectivity index (χ0) is 20.6. The summed E-state index contributed by atoms with van der Waals surface area (Å²) < 4.78 is 7.64. The molecule has 4 rings (SSSR count). The van der Waals surface area contributed by atoms with Gasteiger partial charge in [0.05, 0.1) is 6.61 Å². The van der Waals surface area contributed by atoms with Crippen LogP contribution in [0.1, 0.15) is 12.5 Å². The van der Waals surface area contributed by atoms with Crippen LogP contribution in [0.15, 0.2) is 90.4 Å². The predicted molar refractivity (Wildman–Crippen MR) is 122 cm³/mol. The van der Waals surface area contributed by atoms with E-state index < -0.39 is 0 Å². The second-order valence-electron chi connectivity index (χ2n) is 6.43. The SMILES string of the molecule is CCOc1ccc(-n2c(SC/C=C/c3ccccc3)nnc2-c2cccnc2)cc1. The van der Waals surface area contributed by atoms with E-state index in [0.29, 0.717) is 6.61 Å². The summed E-state index contributed by atoms with van der Waals surface area (Å²) in [5.74, 6) is 2.40. The van der Waals surface area contributed by atoms with Crippen LogP contribution in [0.25, 0.3) is 23.2 Å². The third kappa shape index (κ3) is 4.78. The van der Waals surface area contributed by atoms with E-state index in [1.165, 1.54) is 5.56 Å². The highest BCUT2D eigenvalue weighted by molar-refractivity contribution is 7.99. The van der Waals surface area contributed by atoms with Crippen molar-refractivity contribution in [1.82, 2.24) is 19.7 Å². The molecule has 5 nitrogen and oxygen atoms in total. The predicted octanol–water partition coefficient (Wildman–Crippen LogP) is 5.53. The number of thioether (sulfide) groups is 1. The highest BCUT2D eigenvalue weighted by Gasteiger charge is 2.16. The van der Waals surface area contributed by atoms with Gasteiger partial charge in [0, 0.05) is 29.4 Å². The number of benzene rings is 2. The maximum atomic E-state index is 5.58. The molecular formula is C24H22N4OS. The van der Waals surface area contributed by atoms with Crippen molar-refractivity contribution < 1.29 is 4.74 Å². The molecule has 0 radical (unpaired) electrons. The molecule has 2 aromatic carbocycles. The number of aromatic nitrogens is 4. The summed E-state index contributed by atoms with van der Waals surface area (Å²) in [6.07, 6.45) is 7.82. The van der Waals surface area contributed by atoms with Gasteiger partial charge in [-0.1, -0.05) is 54.2 Å². The first kappa shape index (κ1) is 19.9. The van der Waals surface area contributed by atoms with Crippen LogP contribution in [-0.2, 0) is 0 Å². The quantitative estimate of drug-likeness (QED) is 0.355. The molecule has 0 saturated heterocycles. The molecule has 2 heterocycles. The average molecular weight is 415 g/mol. The average Bonchev–Trinajstić information content (AvgIpc) is 3.23. The van der Waals surface area contributed by atoms with Gasteiger partial charge in [0.25, 0.3) is 0 Å². The van der Waals surface area contributed by atoms with Crippen LogP contribution in [0, 0.1) is 0 Å². The van der Waals surface area contributed by atoms with Crippen LogP contribution >= 0.6 is 11.8 Å². The summed E-state index contributed by atoms with van der Waals surface area (Å²) in [5.41, 5.74) is 3.09. The second kappa shape index (κ2) is 9.89. The minimum atomic E-state index is 0.641. The van der Waals surface area contributed by atoms with Crippen molar-refractivity contribution in [1.29, 1.82) is 0 Å². The van der Waals surface area contributed by atoms with Gasteiger partial charge in [-0.25, -0.2) is 0 Å². The van der Waals surface area contributed by atoms with Crippen LogP contribution in [0.3, 0.4) is 0 Å². The van der Waals surface area contributed by atoms with Crippen LogP contribution in [0.4, 0.5) is 0 Å². The van der Waals surface area contributed by atoms with E-state index >= 15 is 0 Å². The highest BCUT2D eigenvalue weighted by Crippen LogP contribution is 2.28. The molecule has 150 valence electrons. The van der Waals surface area contributed by atoms with Gasteiger partial charge in [0.2, 0.25) is 0 Å². The number of hydrogen-bond acceptors (Lipinski definition) is 5. The Morgan fingerprint density at radius 2 is 1.80 bits per heavy atom. The molecule has 30 heavy (non-hydrogen) atoms. The number of pyridine rings is 1. The maximum Gasteiger partial charge on any atom is 0.196 e. The molecule has 0 saturated carbocycles. The highest BCUT2D eigenvalue weighted by atomic mass is 32.2. The van der Waals surface area contributed by atoms with Gasteiger partial charge in [-0.2, -0.15) is 0 Å². The first-order valence-corrected chi connectivity index (χ1v) is 10.8. The summed E-state index contributed by atoms with van der Waals surface area (Å²) in [6.45, 7) is 2.62. The fourth-order valence-electron chi connectivity index (χ4n) is 3.01. The van der Waals surface area contributed by atoms with E-state index in [2.05, 4.69) is 44.0 Å². The molecule has 0 aliphatic heterocycles. The lowest BCUT2D eigenvalue weighted by Gasteiger charge is -2.11. The van der Waals surface area contributed by atoms with Gasteiger partial charge in [-0.05, 0) is 48.9 Å². The Morgan fingerprint density at radius 1 is 0.967 bits per heavy atom. The van der Waals surface area contributed by atoms with Crippen LogP contribution in [0.2, 0.25) is 0 Å². The van der Waals surface area contributed by atoms with Gasteiger partial charge >= 0.3 is 0 Å². The third-order valence-corrected chi connectivity index (χ3v) is 5.26. The van der Waals surface area contributed by atoms with Gasteiger partial charge in [0.1, 0.15) is 5.75 Å². The molecule has 0 unspecified atom stereocenters. The molecule has 0 atom stereocenters. The number of ether oxygens (including phenoxy) is 1. The second-order valence-corrected chi connectivity index (χ2v) is 7.42. The fraction of sp³-hybridized carbons (Fsp3) is 0.125. The standard InChI is InChI=1S/C24H22N4OS/c1-2-29-22-14-12-21(13-15-22)28-23(20-11-6-16-25-18-20)26-27-24(28)30-17-7-10-19-8-4-3-5-9-19/h3-16,18H,2,17H2,1H3/b10-7+. The largest absolute Gasteiger partial charge is 0.494 e. The van der Waals surface area contributed by atoms with Crippen molar-refractivity contribution in [2.75, 3.05) is 12.4 Å². The molecular weight excluding hydrogens is 392 g/mol. The summed E-state index contributed by atoms with van der Waals surface area (Å²) in [7, 11) is 0. The molecule has 0 amide bonds. The van der Waals surface area contributed by atoms with Gasteiger partial charge in [-0.3, -0.25) is 9.55 Å². The van der Waals surface area contributed by atoms with Crippen molar-refractivity contribution in [3.05, 3.63) is 90.8 Å². The summed E-state index contributed by atoms with van der Waals surface area (Å²) in [4.78, 5) is 4.23. The van der Waals surface area contributed by atoms with Crippen LogP contribution in [0.5, 0.6) is 5.75 Å². The summed E-state index contributed by atoms with van der Waals surface area (Å²) in [5, 5.41) is 9.74. The topological polar surface area (TPSA) is 52.8 Å². The fourth-order valence-corrected chi connectivity index (χ4v) is 3.77. The Balaban J connectivity index is 1.61. The normalized spacial score (nSPS) is 11.1. The smallest absolute Gasteiger partial charge is 0.196 e. The molecule has 0 bridgehead atoms. The van der Waals surface area contributed by atoms with Gasteiger partial charge < -0.3 is 4.74 Å². The molecule has 0 spiro atoms. The Morgan fingerprint density at radius 3 is 2.53 bits per heavy atom. The Hall–Kier alpha value is -3.38. The summed E-state index contributed by atoms with van der Waals surface area (Å²) in [6, 6.07) is 22.2. The van der Waals surface area contributed by atoms with Crippen LogP contribution in [-0.4, -0.2) is 32.1 Å². The van der Waals surface area contributed by atoms with Crippen LogP contribution < -0.4 is 4.74 Å². The first-order valence-electron chi connectivity index (χ1n) is 9.78. The van der Waals surface area contributed by atoms with Crippen molar-refractivity contribution in [3.63, 3.8) is 0 Å². The Kier molecular flexibility index (Phi) is 6.57. The molecule has 0 aliphatic rings. The molecule has 6 heteroatoms. The lowest BCUT2D eigenvalue weighted by Crippen LogP contribution is -2.00. The van der Waals surface area contributed by atoms with Crippen molar-refractivity contribution >= 4 is 17.8 Å². The molecule has 4 aromatic rings. The van der Waals surface area contributed by atoms with E-state index in [4.69, 9.17) is 4.74 Å². The maximum absolute atomic E-state index is 5.58. The van der Waals surface area contributed by atoms with Crippen molar-refractivity contribution in [2.45, 2.75) is 12.1 Å². The minimum Gasteiger partial charge on any atom is -0.494 e. The molecule has 0 N–H and O–H groups in total. The number of hydrogen-bond donors (Lipinski definition) is 0. The molecule has 0 aliphatic carbocycles. The number of rotatable bonds is 8. The minimum absolute atomic E-state index is 0.641. The first-order chi connectivity index (χ1) is 14.8. The van der Waals surface area contributed by atoms with Crippen molar-refractivity contribution in [3.8, 4) is 22.8 Å².